The van der Waals surface area contributed by atoms with Gasteiger partial charge in [-0.15, -0.1) is 11.3 Å². The Bertz CT molecular complexity index is 1260. The molecule has 0 aliphatic heterocycles. The average Bonchev–Trinajstić information content (AvgIpc) is 3.44. The van der Waals surface area contributed by atoms with E-state index < -0.39 is 10.8 Å². The number of nitro groups is 1. The fourth-order valence-corrected chi connectivity index (χ4v) is 3.66. The molecule has 0 fully saturated rings. The van der Waals surface area contributed by atoms with E-state index in [1.54, 1.807) is 31.5 Å². The van der Waals surface area contributed by atoms with Crippen molar-refractivity contribution in [1.29, 1.82) is 0 Å². The van der Waals surface area contributed by atoms with Gasteiger partial charge in [-0.2, -0.15) is 5.10 Å². The summed E-state index contributed by atoms with van der Waals surface area (Å²) in [6.45, 7) is 1.99. The van der Waals surface area contributed by atoms with Gasteiger partial charge in [0.1, 0.15) is 5.75 Å². The summed E-state index contributed by atoms with van der Waals surface area (Å²) in [5.74, 6) is 0.299. The van der Waals surface area contributed by atoms with Crippen molar-refractivity contribution in [3.63, 3.8) is 0 Å². The summed E-state index contributed by atoms with van der Waals surface area (Å²) in [5, 5.41) is 20.1. The number of ether oxygens (including phenoxy) is 1. The number of amides is 1. The average molecular weight is 435 g/mol. The van der Waals surface area contributed by atoms with Crippen LogP contribution < -0.4 is 10.1 Å². The highest BCUT2D eigenvalue weighted by atomic mass is 32.1. The van der Waals surface area contributed by atoms with Gasteiger partial charge in [0.15, 0.2) is 10.8 Å². The zero-order valence-electron chi connectivity index (χ0n) is 16.6. The van der Waals surface area contributed by atoms with Crippen LogP contribution in [0.5, 0.6) is 5.75 Å². The van der Waals surface area contributed by atoms with Crippen LogP contribution in [0.15, 0.2) is 60.1 Å². The molecule has 0 bridgehead atoms. The molecule has 156 valence electrons. The summed E-state index contributed by atoms with van der Waals surface area (Å²) in [4.78, 5) is 27.4. The van der Waals surface area contributed by atoms with Crippen LogP contribution in [0.1, 0.15) is 16.1 Å². The van der Waals surface area contributed by atoms with Crippen LogP contribution in [0.2, 0.25) is 0 Å². The molecule has 2 heterocycles. The Balaban J connectivity index is 1.50. The lowest BCUT2D eigenvalue weighted by atomic mass is 10.1. The van der Waals surface area contributed by atoms with Gasteiger partial charge in [-0.25, -0.2) is 9.67 Å². The van der Waals surface area contributed by atoms with E-state index in [0.29, 0.717) is 22.3 Å². The van der Waals surface area contributed by atoms with Crippen LogP contribution in [0.4, 0.5) is 10.8 Å². The molecular formula is C21H17N5O4S. The number of non-ortho nitro benzene ring substituents is 1. The maximum atomic E-state index is 12.6. The summed E-state index contributed by atoms with van der Waals surface area (Å²) in [6, 6.07) is 13.3. The highest BCUT2D eigenvalue weighted by molar-refractivity contribution is 7.14. The zero-order chi connectivity index (χ0) is 22.0. The van der Waals surface area contributed by atoms with E-state index >= 15 is 0 Å². The number of carbonyl (C=O) groups is 1. The molecule has 0 aliphatic rings. The Hall–Kier alpha value is -4.05. The molecule has 0 radical (unpaired) electrons. The number of rotatable bonds is 6. The van der Waals surface area contributed by atoms with Gasteiger partial charge in [-0.1, -0.05) is 11.6 Å². The van der Waals surface area contributed by atoms with E-state index in [-0.39, 0.29) is 11.4 Å². The smallest absolute Gasteiger partial charge is 0.277 e. The second-order valence-electron chi connectivity index (χ2n) is 6.61. The summed E-state index contributed by atoms with van der Waals surface area (Å²) in [5.41, 5.74) is 3.42. The van der Waals surface area contributed by atoms with Crippen LogP contribution in [0.3, 0.4) is 0 Å². The molecule has 9 nitrogen and oxygen atoms in total. The van der Waals surface area contributed by atoms with Crippen molar-refractivity contribution in [2.45, 2.75) is 6.92 Å². The molecular weight excluding hydrogens is 418 g/mol. The number of benzene rings is 2. The van der Waals surface area contributed by atoms with Crippen molar-refractivity contribution < 1.29 is 14.5 Å². The molecule has 31 heavy (non-hydrogen) atoms. The first-order valence-corrected chi connectivity index (χ1v) is 10.0. The third kappa shape index (κ3) is 4.28. The molecule has 1 N–H and O–H groups in total. The second-order valence-corrected chi connectivity index (χ2v) is 7.47. The van der Waals surface area contributed by atoms with Crippen LogP contribution in [-0.4, -0.2) is 32.7 Å². The highest BCUT2D eigenvalue weighted by Gasteiger charge is 2.15. The van der Waals surface area contributed by atoms with E-state index in [0.717, 1.165) is 11.1 Å². The van der Waals surface area contributed by atoms with Gasteiger partial charge in [-0.05, 0) is 37.3 Å². The van der Waals surface area contributed by atoms with Crippen molar-refractivity contribution in [1.82, 2.24) is 14.8 Å². The van der Waals surface area contributed by atoms with Gasteiger partial charge >= 0.3 is 0 Å². The summed E-state index contributed by atoms with van der Waals surface area (Å²) < 4.78 is 6.88. The van der Waals surface area contributed by atoms with Gasteiger partial charge in [0, 0.05) is 29.3 Å². The number of nitrogens with zero attached hydrogens (tertiary/aromatic N) is 4. The Morgan fingerprint density at radius 1 is 1.19 bits per heavy atom. The fraction of sp³-hybridized carbons (Fsp3) is 0.0952. The topological polar surface area (TPSA) is 112 Å². The molecule has 4 aromatic rings. The van der Waals surface area contributed by atoms with E-state index in [9.17, 15) is 14.9 Å². The minimum atomic E-state index is -0.472. The molecule has 4 rings (SSSR count). The van der Waals surface area contributed by atoms with Gasteiger partial charge in [0.25, 0.3) is 11.6 Å². The molecule has 1 amide bonds. The molecule has 0 spiro atoms. The summed E-state index contributed by atoms with van der Waals surface area (Å²) >= 11 is 1.30. The Morgan fingerprint density at radius 2 is 1.97 bits per heavy atom. The Kier molecular flexibility index (Phi) is 5.46. The first-order valence-electron chi connectivity index (χ1n) is 9.17. The number of thiazole rings is 1. The number of methoxy groups -OCH3 is 1. The molecule has 2 aromatic carbocycles. The number of hydrogen-bond donors (Lipinski definition) is 1. The zero-order valence-corrected chi connectivity index (χ0v) is 17.4. The predicted octanol–water partition coefficient (Wildman–Crippen LogP) is 4.47. The summed E-state index contributed by atoms with van der Waals surface area (Å²) in [7, 11) is 1.60. The third-order valence-electron chi connectivity index (χ3n) is 4.50. The van der Waals surface area contributed by atoms with Crippen molar-refractivity contribution >= 4 is 28.1 Å². The third-order valence-corrected chi connectivity index (χ3v) is 5.26. The van der Waals surface area contributed by atoms with Crippen molar-refractivity contribution in [2.24, 2.45) is 0 Å². The van der Waals surface area contributed by atoms with Crippen LogP contribution in [0, 0.1) is 17.0 Å². The number of carbonyl (C=O) groups excluding carboxylic acids is 1. The number of aromatic nitrogens is 3. The monoisotopic (exact) mass is 435 g/mol. The van der Waals surface area contributed by atoms with E-state index in [2.05, 4.69) is 15.4 Å². The largest absolute Gasteiger partial charge is 0.496 e. The minimum absolute atomic E-state index is 0.0151. The molecule has 2 aromatic heterocycles. The number of aryl methyl sites for hydroxylation is 1. The van der Waals surface area contributed by atoms with Crippen molar-refractivity contribution in [2.75, 3.05) is 12.4 Å². The summed E-state index contributed by atoms with van der Waals surface area (Å²) in [6.07, 6.45) is 1.61. The fourth-order valence-electron chi connectivity index (χ4n) is 2.95. The molecule has 0 atom stereocenters. The minimum Gasteiger partial charge on any atom is -0.496 e. The first kappa shape index (κ1) is 20.2. The highest BCUT2D eigenvalue weighted by Crippen LogP contribution is 2.33. The van der Waals surface area contributed by atoms with Crippen molar-refractivity contribution in [3.05, 3.63) is 81.5 Å². The number of anilines is 1. The maximum Gasteiger partial charge on any atom is 0.277 e. The van der Waals surface area contributed by atoms with Crippen LogP contribution in [-0.2, 0) is 0 Å². The van der Waals surface area contributed by atoms with Gasteiger partial charge in [0.05, 0.1) is 23.4 Å². The predicted molar refractivity (Wildman–Crippen MR) is 117 cm³/mol. The maximum absolute atomic E-state index is 12.6. The van der Waals surface area contributed by atoms with Crippen LogP contribution in [0.25, 0.3) is 16.9 Å². The van der Waals surface area contributed by atoms with Crippen molar-refractivity contribution in [3.8, 4) is 22.7 Å². The molecule has 0 unspecified atom stereocenters. The van der Waals surface area contributed by atoms with Gasteiger partial charge in [-0.3, -0.25) is 20.2 Å². The quantitative estimate of drug-likeness (QED) is 0.353. The normalized spacial score (nSPS) is 10.6. The first-order chi connectivity index (χ1) is 14.9. The lowest BCUT2D eigenvalue weighted by Gasteiger charge is -2.07. The lowest BCUT2D eigenvalue weighted by molar-refractivity contribution is -0.384. The number of nitrogens with one attached hydrogen (secondary N) is 1. The Labute approximate surface area is 181 Å². The number of nitro benzene ring substituents is 1. The lowest BCUT2D eigenvalue weighted by Crippen LogP contribution is -2.13. The molecule has 10 heteroatoms. The van der Waals surface area contributed by atoms with Crippen LogP contribution >= 0.6 is 11.3 Å². The SMILES string of the molecule is COc1ccc(C)cc1-c1csc(NC(=O)c2ccn(-c3ccc([N+](=O)[O-])cc3)n2)n1. The van der Waals surface area contributed by atoms with Gasteiger partial charge < -0.3 is 4.74 Å². The molecule has 0 saturated heterocycles. The standard InChI is InChI=1S/C21H17N5O4S/c1-13-3-8-19(30-2)16(11-13)18-12-31-21(22-18)23-20(27)17-9-10-25(24-17)14-4-6-15(7-5-14)26(28)29/h3-12H,1-2H3,(H,22,23,27). The number of hydrogen-bond acceptors (Lipinski definition) is 7. The molecule has 0 aliphatic carbocycles. The van der Waals surface area contributed by atoms with Gasteiger partial charge in [0.2, 0.25) is 0 Å². The molecule has 0 saturated carbocycles. The van der Waals surface area contributed by atoms with E-state index in [1.165, 1.54) is 28.2 Å². The van der Waals surface area contributed by atoms with E-state index in [1.807, 2.05) is 30.5 Å². The second kappa shape index (κ2) is 8.36. The Morgan fingerprint density at radius 3 is 2.68 bits per heavy atom. The van der Waals surface area contributed by atoms with E-state index in [4.69, 9.17) is 4.74 Å².